The number of aliphatic hydroxyl groups is 1. The van der Waals surface area contributed by atoms with Crippen LogP contribution >= 0.6 is 0 Å². The van der Waals surface area contributed by atoms with Crippen LogP contribution in [0.3, 0.4) is 0 Å². The van der Waals surface area contributed by atoms with Crippen molar-refractivity contribution < 1.29 is 14.3 Å². The monoisotopic (exact) mass is 320 g/mol. The predicted molar refractivity (Wildman–Crippen MR) is 86.3 cm³/mol. The number of aliphatic hydroxyl groups excluding tert-OH is 1. The molecule has 2 atom stereocenters. The van der Waals surface area contributed by atoms with Crippen LogP contribution < -0.4 is 5.32 Å². The van der Waals surface area contributed by atoms with E-state index in [0.717, 1.165) is 45.3 Å². The van der Waals surface area contributed by atoms with Crippen LogP contribution in [-0.2, 0) is 4.79 Å². The molecule has 0 aliphatic carbocycles. The van der Waals surface area contributed by atoms with Crippen molar-refractivity contribution >= 4 is 5.91 Å². The normalized spacial score (nSPS) is 23.9. The largest absolute Gasteiger partial charge is 0.388 e. The molecule has 1 amide bonds. The number of likely N-dealkylation sites (tertiary alicyclic amines) is 1. The van der Waals surface area contributed by atoms with E-state index in [1.54, 1.807) is 12.1 Å². The van der Waals surface area contributed by atoms with E-state index in [0.29, 0.717) is 12.0 Å². The second-order valence-electron chi connectivity index (χ2n) is 6.66. The first-order chi connectivity index (χ1) is 11.1. The molecule has 5 heteroatoms. The van der Waals surface area contributed by atoms with Gasteiger partial charge in [0.2, 0.25) is 5.91 Å². The third-order valence-electron chi connectivity index (χ3n) is 5.10. The summed E-state index contributed by atoms with van der Waals surface area (Å²) < 4.78 is 13.0. The van der Waals surface area contributed by atoms with Crippen molar-refractivity contribution in [3.05, 3.63) is 35.6 Å². The summed E-state index contributed by atoms with van der Waals surface area (Å²) in [4.78, 5) is 14.7. The number of hydrogen-bond acceptors (Lipinski definition) is 3. The van der Waals surface area contributed by atoms with Crippen LogP contribution in [0.1, 0.15) is 43.8 Å². The molecule has 3 rings (SSSR count). The lowest BCUT2D eigenvalue weighted by molar-refractivity contribution is -0.137. The quantitative estimate of drug-likeness (QED) is 0.894. The molecule has 2 saturated heterocycles. The van der Waals surface area contributed by atoms with Crippen molar-refractivity contribution in [1.82, 2.24) is 10.2 Å². The topological polar surface area (TPSA) is 52.6 Å². The molecule has 1 aromatic rings. The van der Waals surface area contributed by atoms with Gasteiger partial charge in [-0.3, -0.25) is 4.79 Å². The molecule has 2 N–H and O–H groups in total. The maximum absolute atomic E-state index is 13.0. The summed E-state index contributed by atoms with van der Waals surface area (Å²) in [5.74, 6) is 0.0737. The summed E-state index contributed by atoms with van der Waals surface area (Å²) >= 11 is 0. The van der Waals surface area contributed by atoms with Crippen LogP contribution in [0, 0.1) is 11.7 Å². The van der Waals surface area contributed by atoms with Crippen LogP contribution in [0.25, 0.3) is 0 Å². The second kappa shape index (κ2) is 7.41. The highest BCUT2D eigenvalue weighted by Crippen LogP contribution is 2.30. The van der Waals surface area contributed by atoms with Crippen LogP contribution in [0.15, 0.2) is 24.3 Å². The van der Waals surface area contributed by atoms with Crippen molar-refractivity contribution in [3.63, 3.8) is 0 Å². The Morgan fingerprint density at radius 1 is 1.26 bits per heavy atom. The molecule has 23 heavy (non-hydrogen) atoms. The number of nitrogens with one attached hydrogen (secondary N) is 1. The number of halogens is 1. The zero-order valence-corrected chi connectivity index (χ0v) is 13.4. The minimum atomic E-state index is -0.651. The van der Waals surface area contributed by atoms with Crippen molar-refractivity contribution in [3.8, 4) is 0 Å². The Balaban J connectivity index is 1.62. The molecule has 2 fully saturated rings. The molecule has 2 heterocycles. The van der Waals surface area contributed by atoms with E-state index in [4.69, 9.17) is 0 Å². The highest BCUT2D eigenvalue weighted by atomic mass is 19.1. The highest BCUT2D eigenvalue weighted by Gasteiger charge is 2.34. The van der Waals surface area contributed by atoms with E-state index in [2.05, 4.69) is 5.32 Å². The van der Waals surface area contributed by atoms with Gasteiger partial charge in [-0.15, -0.1) is 0 Å². The van der Waals surface area contributed by atoms with Crippen LogP contribution in [-0.4, -0.2) is 41.6 Å². The number of piperidine rings is 1. The van der Waals surface area contributed by atoms with E-state index in [1.165, 1.54) is 12.1 Å². The number of carbonyl (C=O) groups excluding carboxylic acids is 1. The maximum atomic E-state index is 13.0. The fourth-order valence-electron chi connectivity index (χ4n) is 3.75. The summed E-state index contributed by atoms with van der Waals surface area (Å²) in [6.07, 6.45) is 3.63. The van der Waals surface area contributed by atoms with Gasteiger partial charge in [-0.2, -0.15) is 0 Å². The van der Waals surface area contributed by atoms with Gasteiger partial charge in [-0.25, -0.2) is 4.39 Å². The van der Waals surface area contributed by atoms with E-state index in [9.17, 15) is 14.3 Å². The van der Waals surface area contributed by atoms with Gasteiger partial charge in [-0.05, 0) is 62.9 Å². The van der Waals surface area contributed by atoms with Crippen LogP contribution in [0.2, 0.25) is 0 Å². The first-order valence-electron chi connectivity index (χ1n) is 8.60. The zero-order valence-electron chi connectivity index (χ0n) is 13.4. The van der Waals surface area contributed by atoms with E-state index in [1.807, 2.05) is 4.90 Å². The molecule has 4 nitrogen and oxygen atoms in total. The fourth-order valence-corrected chi connectivity index (χ4v) is 3.75. The summed E-state index contributed by atoms with van der Waals surface area (Å²) in [7, 11) is 0. The van der Waals surface area contributed by atoms with Crippen LogP contribution in [0.5, 0.6) is 0 Å². The minimum Gasteiger partial charge on any atom is -0.388 e. The fraction of sp³-hybridized carbons (Fsp3) is 0.611. The molecule has 0 aromatic heterocycles. The molecule has 1 aromatic carbocycles. The smallest absolute Gasteiger partial charge is 0.226 e. The van der Waals surface area contributed by atoms with Crippen LogP contribution in [0.4, 0.5) is 4.39 Å². The Kier molecular flexibility index (Phi) is 5.28. The van der Waals surface area contributed by atoms with Gasteiger partial charge < -0.3 is 15.3 Å². The molecule has 0 radical (unpaired) electrons. The standard InChI is InChI=1S/C18H25FN2O2/c19-15-5-3-13(4-6-15)17(22)12-16-2-1-11-21(16)18(23)14-7-9-20-10-8-14/h3-6,14,16-17,20,22H,1-2,7-12H2. The van der Waals surface area contributed by atoms with E-state index < -0.39 is 6.10 Å². The molecule has 2 unspecified atom stereocenters. The second-order valence-corrected chi connectivity index (χ2v) is 6.66. The zero-order chi connectivity index (χ0) is 16.2. The SMILES string of the molecule is O=C(C1CCNCC1)N1CCCC1CC(O)c1ccc(F)cc1. The third-order valence-corrected chi connectivity index (χ3v) is 5.10. The van der Waals surface area contributed by atoms with E-state index in [-0.39, 0.29) is 23.7 Å². The first kappa shape index (κ1) is 16.4. The van der Waals surface area contributed by atoms with Crippen molar-refractivity contribution in [2.45, 2.75) is 44.2 Å². The van der Waals surface area contributed by atoms with Gasteiger partial charge >= 0.3 is 0 Å². The average molecular weight is 320 g/mol. The Morgan fingerprint density at radius 3 is 2.65 bits per heavy atom. The van der Waals surface area contributed by atoms with Gasteiger partial charge in [0.05, 0.1) is 6.10 Å². The van der Waals surface area contributed by atoms with Gasteiger partial charge in [0.25, 0.3) is 0 Å². The number of nitrogens with zero attached hydrogens (tertiary/aromatic N) is 1. The minimum absolute atomic E-state index is 0.0949. The number of carbonyl (C=O) groups is 1. The lowest BCUT2D eigenvalue weighted by Crippen LogP contribution is -2.43. The molecular weight excluding hydrogens is 295 g/mol. The Hall–Kier alpha value is -1.46. The summed E-state index contributed by atoms with van der Waals surface area (Å²) in [6.45, 7) is 2.61. The summed E-state index contributed by atoms with van der Waals surface area (Å²) in [6, 6.07) is 6.07. The van der Waals surface area contributed by atoms with Gasteiger partial charge in [0.15, 0.2) is 0 Å². The highest BCUT2D eigenvalue weighted by molar-refractivity contribution is 5.79. The molecule has 2 aliphatic rings. The molecule has 0 saturated carbocycles. The summed E-state index contributed by atoms with van der Waals surface area (Å²) in [5.41, 5.74) is 0.715. The lowest BCUT2D eigenvalue weighted by atomic mass is 9.95. The Labute approximate surface area is 136 Å². The van der Waals surface area contributed by atoms with Crippen molar-refractivity contribution in [2.75, 3.05) is 19.6 Å². The van der Waals surface area contributed by atoms with E-state index >= 15 is 0 Å². The molecule has 0 spiro atoms. The van der Waals surface area contributed by atoms with Crippen molar-refractivity contribution in [1.29, 1.82) is 0 Å². The Morgan fingerprint density at radius 2 is 1.96 bits per heavy atom. The number of rotatable bonds is 4. The number of amides is 1. The molecular formula is C18H25FN2O2. The Bertz CT molecular complexity index is 528. The first-order valence-corrected chi connectivity index (χ1v) is 8.60. The van der Waals surface area contributed by atoms with Crippen molar-refractivity contribution in [2.24, 2.45) is 5.92 Å². The molecule has 126 valence electrons. The van der Waals surface area contributed by atoms with Gasteiger partial charge in [0, 0.05) is 18.5 Å². The number of benzene rings is 1. The summed E-state index contributed by atoms with van der Waals surface area (Å²) in [5, 5.41) is 13.7. The third kappa shape index (κ3) is 3.90. The average Bonchev–Trinajstić information content (AvgIpc) is 3.03. The maximum Gasteiger partial charge on any atom is 0.226 e. The molecule has 0 bridgehead atoms. The lowest BCUT2D eigenvalue weighted by Gasteiger charge is -2.32. The molecule has 2 aliphatic heterocycles. The van der Waals surface area contributed by atoms with Gasteiger partial charge in [-0.1, -0.05) is 12.1 Å². The predicted octanol–water partition coefficient (Wildman–Crippen LogP) is 2.24. The van der Waals surface area contributed by atoms with Gasteiger partial charge in [0.1, 0.15) is 5.82 Å². The number of hydrogen-bond donors (Lipinski definition) is 2.